The van der Waals surface area contributed by atoms with Gasteiger partial charge in [0.25, 0.3) is 11.8 Å². The molecule has 0 saturated carbocycles. The standard InChI is InChI=1S/C18H33N5O4/c1-13(2)10-22(21-17(26)27-18(5,6)7)12-16(25)23(11-14(3)4)20-15(24)8-9-19/h13-14H,8,10-12H2,1-7H3,(H,20,24)(H,21,26). The lowest BCUT2D eigenvalue weighted by Crippen LogP contribution is -2.55. The molecule has 2 N–H and O–H groups in total. The zero-order valence-electron chi connectivity index (χ0n) is 17.5. The molecule has 0 aromatic carbocycles. The Morgan fingerprint density at radius 1 is 1.04 bits per heavy atom. The van der Waals surface area contributed by atoms with Gasteiger partial charge in [-0.3, -0.25) is 25.4 Å². The van der Waals surface area contributed by atoms with Crippen molar-refractivity contribution in [2.75, 3.05) is 19.6 Å². The van der Waals surface area contributed by atoms with Crippen LogP contribution in [0.1, 0.15) is 54.9 Å². The fourth-order valence-electron chi connectivity index (χ4n) is 2.11. The van der Waals surface area contributed by atoms with Crippen LogP contribution in [-0.4, -0.2) is 53.2 Å². The van der Waals surface area contributed by atoms with Gasteiger partial charge in [0.2, 0.25) is 0 Å². The maximum Gasteiger partial charge on any atom is 0.422 e. The Balaban J connectivity index is 5.10. The predicted molar refractivity (Wildman–Crippen MR) is 101 cm³/mol. The molecule has 0 saturated heterocycles. The first-order valence-corrected chi connectivity index (χ1v) is 9.05. The first kappa shape index (κ1) is 24.7. The highest BCUT2D eigenvalue weighted by molar-refractivity contribution is 5.84. The Bertz CT molecular complexity index is 549. The lowest BCUT2D eigenvalue weighted by molar-refractivity contribution is -0.143. The van der Waals surface area contributed by atoms with Gasteiger partial charge >= 0.3 is 6.09 Å². The number of hydrogen-bond donors (Lipinski definition) is 2. The molecule has 0 aliphatic carbocycles. The fourth-order valence-corrected chi connectivity index (χ4v) is 2.11. The van der Waals surface area contributed by atoms with Crippen molar-refractivity contribution in [3.05, 3.63) is 0 Å². The quantitative estimate of drug-likeness (QED) is 0.618. The van der Waals surface area contributed by atoms with Crippen molar-refractivity contribution < 1.29 is 19.1 Å². The smallest absolute Gasteiger partial charge is 0.422 e. The van der Waals surface area contributed by atoms with Crippen LogP contribution in [0.3, 0.4) is 0 Å². The van der Waals surface area contributed by atoms with Crippen LogP contribution in [0, 0.1) is 23.2 Å². The molecule has 0 atom stereocenters. The van der Waals surface area contributed by atoms with Crippen LogP contribution >= 0.6 is 0 Å². The van der Waals surface area contributed by atoms with Crippen molar-refractivity contribution in [2.45, 2.75) is 60.5 Å². The lowest BCUT2D eigenvalue weighted by atomic mass is 10.2. The van der Waals surface area contributed by atoms with Crippen molar-refractivity contribution in [2.24, 2.45) is 11.8 Å². The molecule has 0 aliphatic heterocycles. The molecule has 0 radical (unpaired) electrons. The van der Waals surface area contributed by atoms with E-state index >= 15 is 0 Å². The van der Waals surface area contributed by atoms with Gasteiger partial charge in [-0.2, -0.15) is 5.26 Å². The molecule has 0 heterocycles. The van der Waals surface area contributed by atoms with Gasteiger partial charge in [0, 0.05) is 13.1 Å². The van der Waals surface area contributed by atoms with Crippen LogP contribution in [0.5, 0.6) is 0 Å². The Kier molecular flexibility index (Phi) is 10.4. The number of rotatable bonds is 8. The molecule has 0 bridgehead atoms. The van der Waals surface area contributed by atoms with Gasteiger partial charge in [0.05, 0.1) is 12.6 Å². The second-order valence-corrected chi connectivity index (χ2v) is 8.16. The summed E-state index contributed by atoms with van der Waals surface area (Å²) in [5.41, 5.74) is 4.37. The number of nitriles is 1. The topological polar surface area (TPSA) is 115 Å². The number of nitrogens with zero attached hydrogens (tertiary/aromatic N) is 3. The molecule has 0 aliphatic rings. The van der Waals surface area contributed by atoms with Gasteiger partial charge in [-0.1, -0.05) is 27.7 Å². The fraction of sp³-hybridized carbons (Fsp3) is 0.778. The van der Waals surface area contributed by atoms with Crippen LogP contribution in [0.25, 0.3) is 0 Å². The van der Waals surface area contributed by atoms with Crippen LogP contribution in [0.15, 0.2) is 0 Å². The number of amides is 3. The second kappa shape index (κ2) is 11.4. The Morgan fingerprint density at radius 3 is 2.04 bits per heavy atom. The van der Waals surface area contributed by atoms with Crippen molar-refractivity contribution in [3.8, 4) is 6.07 Å². The maximum absolute atomic E-state index is 12.7. The van der Waals surface area contributed by atoms with Gasteiger partial charge in [-0.15, -0.1) is 0 Å². The molecular formula is C18H33N5O4. The number of carbonyl (C=O) groups excluding carboxylic acids is 3. The molecule has 3 amide bonds. The molecule has 0 fully saturated rings. The minimum absolute atomic E-state index is 0.105. The first-order valence-electron chi connectivity index (χ1n) is 9.05. The van der Waals surface area contributed by atoms with Gasteiger partial charge < -0.3 is 4.74 Å². The van der Waals surface area contributed by atoms with Crippen LogP contribution in [0.2, 0.25) is 0 Å². The molecular weight excluding hydrogens is 350 g/mol. The van der Waals surface area contributed by atoms with E-state index < -0.39 is 23.5 Å². The number of ether oxygens (including phenoxy) is 1. The van der Waals surface area contributed by atoms with E-state index in [4.69, 9.17) is 10.00 Å². The summed E-state index contributed by atoms with van der Waals surface area (Å²) in [7, 11) is 0. The van der Waals surface area contributed by atoms with Crippen LogP contribution in [-0.2, 0) is 14.3 Å². The largest absolute Gasteiger partial charge is 0.443 e. The van der Waals surface area contributed by atoms with E-state index in [0.717, 1.165) is 0 Å². The van der Waals surface area contributed by atoms with Crippen molar-refractivity contribution in [1.82, 2.24) is 20.9 Å². The summed E-state index contributed by atoms with van der Waals surface area (Å²) in [5, 5.41) is 11.3. The van der Waals surface area contributed by atoms with E-state index in [0.29, 0.717) is 6.54 Å². The Hall–Kier alpha value is -2.34. The van der Waals surface area contributed by atoms with Gasteiger partial charge in [-0.05, 0) is 32.6 Å². The summed E-state index contributed by atoms with van der Waals surface area (Å²) < 4.78 is 5.23. The van der Waals surface area contributed by atoms with Crippen LogP contribution < -0.4 is 10.9 Å². The van der Waals surface area contributed by atoms with Gasteiger partial charge in [0.15, 0.2) is 0 Å². The number of hydrogen-bond acceptors (Lipinski definition) is 6. The predicted octanol–water partition coefficient (Wildman–Crippen LogP) is 1.81. The van der Waals surface area contributed by atoms with Crippen molar-refractivity contribution >= 4 is 17.9 Å². The molecule has 0 aromatic heterocycles. The zero-order valence-corrected chi connectivity index (χ0v) is 17.5. The summed E-state index contributed by atoms with van der Waals surface area (Å²) in [6, 6.07) is 1.75. The molecule has 9 heteroatoms. The highest BCUT2D eigenvalue weighted by Crippen LogP contribution is 2.07. The minimum atomic E-state index is -0.660. The monoisotopic (exact) mass is 383 g/mol. The molecule has 154 valence electrons. The lowest BCUT2D eigenvalue weighted by Gasteiger charge is -2.30. The first-order chi connectivity index (χ1) is 12.3. The van der Waals surface area contributed by atoms with E-state index in [9.17, 15) is 14.4 Å². The summed E-state index contributed by atoms with van der Waals surface area (Å²) in [6.07, 6.45) is -0.992. The maximum atomic E-state index is 12.7. The zero-order chi connectivity index (χ0) is 21.2. The third-order valence-corrected chi connectivity index (χ3v) is 2.91. The summed E-state index contributed by atoms with van der Waals surface area (Å²) in [5.74, 6) is -0.665. The van der Waals surface area contributed by atoms with Crippen molar-refractivity contribution in [3.63, 3.8) is 0 Å². The van der Waals surface area contributed by atoms with Crippen molar-refractivity contribution in [1.29, 1.82) is 5.26 Å². The average Bonchev–Trinajstić information content (AvgIpc) is 2.43. The average molecular weight is 383 g/mol. The van der Waals surface area contributed by atoms with Gasteiger partial charge in [0.1, 0.15) is 12.0 Å². The molecule has 27 heavy (non-hydrogen) atoms. The number of hydrazine groups is 2. The minimum Gasteiger partial charge on any atom is -0.443 e. The molecule has 0 aromatic rings. The summed E-state index contributed by atoms with van der Waals surface area (Å²) >= 11 is 0. The number of nitrogens with one attached hydrogen (secondary N) is 2. The second-order valence-electron chi connectivity index (χ2n) is 8.16. The normalized spacial score (nSPS) is 11.3. The van der Waals surface area contributed by atoms with E-state index in [1.807, 2.05) is 27.7 Å². The van der Waals surface area contributed by atoms with E-state index in [1.165, 1.54) is 10.0 Å². The Labute approximate surface area is 161 Å². The highest BCUT2D eigenvalue weighted by Gasteiger charge is 2.24. The molecule has 0 spiro atoms. The third kappa shape index (κ3) is 12.6. The van der Waals surface area contributed by atoms with E-state index in [-0.39, 0.29) is 31.3 Å². The van der Waals surface area contributed by atoms with Crippen LogP contribution in [0.4, 0.5) is 4.79 Å². The number of carbonyl (C=O) groups is 3. The highest BCUT2D eigenvalue weighted by atomic mass is 16.6. The summed E-state index contributed by atoms with van der Waals surface area (Å²) in [4.78, 5) is 36.4. The molecule has 9 nitrogen and oxygen atoms in total. The Morgan fingerprint density at radius 2 is 1.59 bits per heavy atom. The van der Waals surface area contributed by atoms with E-state index in [2.05, 4.69) is 10.9 Å². The summed E-state index contributed by atoms with van der Waals surface area (Å²) in [6.45, 7) is 13.5. The third-order valence-electron chi connectivity index (χ3n) is 2.91. The molecule has 0 rings (SSSR count). The molecule has 0 unspecified atom stereocenters. The van der Waals surface area contributed by atoms with E-state index in [1.54, 1.807) is 26.8 Å². The van der Waals surface area contributed by atoms with Gasteiger partial charge in [-0.25, -0.2) is 9.80 Å². The SMILES string of the molecule is CC(C)CN(CC(=O)N(CC(C)C)NC(=O)CC#N)NC(=O)OC(C)(C)C.